The van der Waals surface area contributed by atoms with Crippen LogP contribution in [0, 0.1) is 0 Å². The van der Waals surface area contributed by atoms with Crippen molar-refractivity contribution in [2.45, 2.75) is 103 Å². The van der Waals surface area contributed by atoms with Crippen molar-refractivity contribution >= 4 is 17.1 Å². The lowest BCUT2D eigenvalue weighted by Gasteiger charge is -2.36. The fourth-order valence-corrected chi connectivity index (χ4v) is 5.81. The van der Waals surface area contributed by atoms with Gasteiger partial charge in [0.05, 0.1) is 10.7 Å². The number of carbonyl (C=O) groups is 1. The van der Waals surface area contributed by atoms with Crippen molar-refractivity contribution in [3.05, 3.63) is 39.4 Å². The van der Waals surface area contributed by atoms with Gasteiger partial charge in [-0.3, -0.25) is 9.69 Å². The van der Waals surface area contributed by atoms with Crippen LogP contribution < -0.4 is 0 Å². The number of allylic oxidation sites excluding steroid dienone is 3. The van der Waals surface area contributed by atoms with Gasteiger partial charge in [-0.1, -0.05) is 50.8 Å². The monoisotopic (exact) mass is 428 g/mol. The molecule has 3 aliphatic rings. The van der Waals surface area contributed by atoms with Crippen molar-refractivity contribution < 1.29 is 4.79 Å². The third-order valence-electron chi connectivity index (χ3n) is 7.03. The highest BCUT2D eigenvalue weighted by atomic mass is 32.1. The van der Waals surface area contributed by atoms with Gasteiger partial charge in [0.25, 0.3) is 0 Å². The lowest BCUT2D eigenvalue weighted by atomic mass is 9.90. The maximum absolute atomic E-state index is 10.7. The predicted molar refractivity (Wildman–Crippen MR) is 128 cm³/mol. The second-order valence-electron chi connectivity index (χ2n) is 9.30. The van der Waals surface area contributed by atoms with Crippen LogP contribution in [-0.2, 0) is 17.6 Å². The third kappa shape index (κ3) is 6.37. The van der Waals surface area contributed by atoms with Gasteiger partial charge in [0.2, 0.25) is 0 Å². The van der Waals surface area contributed by atoms with Gasteiger partial charge in [-0.2, -0.15) is 0 Å². The van der Waals surface area contributed by atoms with E-state index in [0.29, 0.717) is 5.57 Å². The number of Topliss-reactive ketones (excluding diaryl/α,β-unsaturated/α-hetero) is 1. The second kappa shape index (κ2) is 11.4. The largest absolute Gasteiger partial charge is 0.300 e. The molecule has 0 aromatic carbocycles. The molecular formula is C26H40N2OS. The van der Waals surface area contributed by atoms with E-state index < -0.39 is 0 Å². The number of rotatable bonds is 5. The Morgan fingerprint density at radius 1 is 1.10 bits per heavy atom. The third-order valence-corrected chi connectivity index (χ3v) is 8.35. The Bertz CT molecular complexity index is 728. The average molecular weight is 429 g/mol. The summed E-state index contributed by atoms with van der Waals surface area (Å²) in [5.74, 6) is 0.844. The highest BCUT2D eigenvalue weighted by molar-refractivity contribution is 7.11. The minimum Gasteiger partial charge on any atom is -0.300 e. The Balaban J connectivity index is 0.000000220. The SMILES string of the molecule is C1CCC(c2nc3c(s2)CCN(C2CCC2)CC3)CC1.C=C(/C=C(/C)CC)C(C)=O. The van der Waals surface area contributed by atoms with Gasteiger partial charge in [-0.25, -0.2) is 4.98 Å². The van der Waals surface area contributed by atoms with E-state index in [-0.39, 0.29) is 5.78 Å². The first-order valence-electron chi connectivity index (χ1n) is 12.1. The van der Waals surface area contributed by atoms with Crippen LogP contribution in [0.4, 0.5) is 0 Å². The van der Waals surface area contributed by atoms with Crippen LogP contribution in [0.2, 0.25) is 0 Å². The molecular weight excluding hydrogens is 388 g/mol. The molecule has 2 heterocycles. The van der Waals surface area contributed by atoms with Gasteiger partial charge in [-0.05, 0) is 52.4 Å². The molecule has 2 saturated carbocycles. The molecule has 2 fully saturated rings. The van der Waals surface area contributed by atoms with Gasteiger partial charge in [0.15, 0.2) is 5.78 Å². The molecule has 0 atom stereocenters. The summed E-state index contributed by atoms with van der Waals surface area (Å²) in [5.41, 5.74) is 3.25. The van der Waals surface area contributed by atoms with Gasteiger partial charge in [0.1, 0.15) is 0 Å². The maximum Gasteiger partial charge on any atom is 0.159 e. The normalized spacial score (nSPS) is 21.1. The lowest BCUT2D eigenvalue weighted by molar-refractivity contribution is -0.113. The number of hydrogen-bond acceptors (Lipinski definition) is 4. The molecule has 4 rings (SSSR count). The van der Waals surface area contributed by atoms with Crippen molar-refractivity contribution in [1.82, 2.24) is 9.88 Å². The van der Waals surface area contributed by atoms with Crippen LogP contribution in [0.15, 0.2) is 23.8 Å². The van der Waals surface area contributed by atoms with Crippen LogP contribution >= 0.6 is 11.3 Å². The van der Waals surface area contributed by atoms with Gasteiger partial charge in [0, 0.05) is 41.9 Å². The molecule has 0 radical (unpaired) electrons. The summed E-state index contributed by atoms with van der Waals surface area (Å²) in [6, 6.07) is 0.904. The maximum atomic E-state index is 10.7. The topological polar surface area (TPSA) is 33.2 Å². The number of carbonyl (C=O) groups excluding carboxylic acids is 1. The van der Waals surface area contributed by atoms with Crippen LogP contribution in [0.25, 0.3) is 0 Å². The van der Waals surface area contributed by atoms with Crippen molar-refractivity contribution in [3.63, 3.8) is 0 Å². The summed E-state index contributed by atoms with van der Waals surface area (Å²) < 4.78 is 0. The Morgan fingerprint density at radius 2 is 1.80 bits per heavy atom. The van der Waals surface area contributed by atoms with Crippen molar-refractivity contribution in [1.29, 1.82) is 0 Å². The van der Waals surface area contributed by atoms with Gasteiger partial charge in [-0.15, -0.1) is 11.3 Å². The quantitative estimate of drug-likeness (QED) is 0.390. The van der Waals surface area contributed by atoms with Gasteiger partial charge >= 0.3 is 0 Å². The van der Waals surface area contributed by atoms with E-state index in [9.17, 15) is 4.79 Å². The molecule has 0 saturated heterocycles. The van der Waals surface area contributed by atoms with Crippen molar-refractivity contribution in [3.8, 4) is 0 Å². The van der Waals surface area contributed by atoms with Crippen LogP contribution in [0.5, 0.6) is 0 Å². The minimum atomic E-state index is 0.0489. The molecule has 4 heteroatoms. The smallest absolute Gasteiger partial charge is 0.159 e. The molecule has 166 valence electrons. The van der Waals surface area contributed by atoms with E-state index in [1.165, 1.54) is 100 Å². The van der Waals surface area contributed by atoms with Crippen LogP contribution in [-0.4, -0.2) is 34.8 Å². The van der Waals surface area contributed by atoms with E-state index in [2.05, 4.69) is 29.7 Å². The van der Waals surface area contributed by atoms with Crippen LogP contribution in [0.3, 0.4) is 0 Å². The summed E-state index contributed by atoms with van der Waals surface area (Å²) in [7, 11) is 0. The zero-order valence-corrected chi connectivity index (χ0v) is 20.2. The molecule has 30 heavy (non-hydrogen) atoms. The standard InChI is InChI=1S/C17H26N2S.C9H14O/c1-2-5-13(6-3-1)17-18-15-9-11-19(14-7-4-8-14)12-10-16(15)20-17;1-5-7(2)6-8(3)9(4)10/h13-14H,1-12H2;6H,3,5H2,1-2,4H3/b;7-6-. The Labute approximate surface area is 187 Å². The molecule has 1 aromatic heterocycles. The zero-order valence-electron chi connectivity index (χ0n) is 19.3. The van der Waals surface area contributed by atoms with E-state index in [4.69, 9.17) is 4.98 Å². The van der Waals surface area contributed by atoms with Gasteiger partial charge < -0.3 is 0 Å². The number of thiazole rings is 1. The first kappa shape index (κ1) is 23.4. The molecule has 0 N–H and O–H groups in total. The fourth-order valence-electron chi connectivity index (χ4n) is 4.54. The summed E-state index contributed by atoms with van der Waals surface area (Å²) in [6.07, 6.45) is 16.7. The number of fused-ring (bicyclic) bond motifs is 1. The predicted octanol–water partition coefficient (Wildman–Crippen LogP) is 6.63. The number of hydrogen-bond donors (Lipinski definition) is 0. The van der Waals surface area contributed by atoms with E-state index in [1.54, 1.807) is 4.88 Å². The number of aromatic nitrogens is 1. The summed E-state index contributed by atoms with van der Waals surface area (Å²) >= 11 is 2.06. The van der Waals surface area contributed by atoms with Crippen molar-refractivity contribution in [2.24, 2.45) is 0 Å². The first-order chi connectivity index (χ1) is 14.5. The van der Waals surface area contributed by atoms with E-state index >= 15 is 0 Å². The highest BCUT2D eigenvalue weighted by Gasteiger charge is 2.28. The van der Waals surface area contributed by atoms with E-state index in [0.717, 1.165) is 18.4 Å². The number of ketones is 1. The summed E-state index contributed by atoms with van der Waals surface area (Å²) in [6.45, 7) is 11.7. The Kier molecular flexibility index (Phi) is 8.88. The average Bonchev–Trinajstić information content (AvgIpc) is 3.03. The molecule has 0 bridgehead atoms. The molecule has 2 aliphatic carbocycles. The lowest BCUT2D eigenvalue weighted by Crippen LogP contribution is -2.41. The molecule has 1 aliphatic heterocycles. The van der Waals surface area contributed by atoms with Crippen LogP contribution in [0.1, 0.15) is 100 Å². The minimum absolute atomic E-state index is 0.0489. The number of nitrogens with zero attached hydrogens (tertiary/aromatic N) is 2. The van der Waals surface area contributed by atoms with Crippen molar-refractivity contribution in [2.75, 3.05) is 13.1 Å². The Morgan fingerprint density at radius 3 is 2.40 bits per heavy atom. The summed E-state index contributed by atoms with van der Waals surface area (Å²) in [5, 5.41) is 1.48. The van der Waals surface area contributed by atoms with E-state index in [1.807, 2.05) is 13.0 Å². The molecule has 3 nitrogen and oxygen atoms in total. The highest BCUT2D eigenvalue weighted by Crippen LogP contribution is 2.37. The second-order valence-corrected chi connectivity index (χ2v) is 10.4. The summed E-state index contributed by atoms with van der Waals surface area (Å²) in [4.78, 5) is 20.1. The first-order valence-corrected chi connectivity index (χ1v) is 12.9. The molecule has 0 unspecified atom stereocenters. The molecule has 1 aromatic rings. The fraction of sp³-hybridized carbons (Fsp3) is 0.692. The molecule has 0 spiro atoms. The Hall–Kier alpha value is -1.26. The molecule has 0 amide bonds. The zero-order chi connectivity index (χ0) is 21.5.